The maximum Gasteiger partial charge on any atom is 0.254 e. The van der Waals surface area contributed by atoms with E-state index in [2.05, 4.69) is 50.1 Å². The molecule has 1 unspecified atom stereocenters. The van der Waals surface area contributed by atoms with E-state index >= 15 is 0 Å². The second-order valence-corrected chi connectivity index (χ2v) is 9.12. The van der Waals surface area contributed by atoms with Crippen LogP contribution in [0.2, 0.25) is 0 Å². The zero-order valence-corrected chi connectivity index (χ0v) is 23.5. The summed E-state index contributed by atoms with van der Waals surface area (Å²) in [5.74, 6) is 0.964. The molecule has 1 heterocycles. The van der Waals surface area contributed by atoms with Crippen LogP contribution in [0.4, 0.5) is 0 Å². The average Bonchev–Trinajstić information content (AvgIpc) is 2.91. The molecule has 1 aliphatic heterocycles. The molecule has 2 atom stereocenters. The van der Waals surface area contributed by atoms with Crippen LogP contribution in [0.15, 0.2) is 55.6 Å². The van der Waals surface area contributed by atoms with Crippen LogP contribution in [0.1, 0.15) is 113 Å². The van der Waals surface area contributed by atoms with Crippen LogP contribution in [-0.2, 0) is 0 Å². The number of piperidine rings is 1. The van der Waals surface area contributed by atoms with Crippen LogP contribution in [0.5, 0.6) is 0 Å². The van der Waals surface area contributed by atoms with Gasteiger partial charge in [0.1, 0.15) is 0 Å². The van der Waals surface area contributed by atoms with Gasteiger partial charge in [-0.3, -0.25) is 4.79 Å². The van der Waals surface area contributed by atoms with Gasteiger partial charge in [-0.2, -0.15) is 0 Å². The number of amides is 1. The molecule has 2 fully saturated rings. The van der Waals surface area contributed by atoms with Gasteiger partial charge >= 0.3 is 0 Å². The molecule has 4 rings (SSSR count). The minimum Gasteiger partial charge on any atom is -0.335 e. The number of benzene rings is 2. The minimum absolute atomic E-state index is 0. The highest BCUT2D eigenvalue weighted by Crippen LogP contribution is 2.36. The van der Waals surface area contributed by atoms with Crippen LogP contribution in [0.25, 0.3) is 11.6 Å². The van der Waals surface area contributed by atoms with Crippen LogP contribution in [-0.4, -0.2) is 23.4 Å². The number of aryl methyl sites for hydroxylation is 2. The Morgan fingerprint density at radius 1 is 0.861 bits per heavy atom. The lowest BCUT2D eigenvalue weighted by atomic mass is 9.78. The van der Waals surface area contributed by atoms with Crippen molar-refractivity contribution in [3.8, 4) is 0 Å². The van der Waals surface area contributed by atoms with Gasteiger partial charge in [-0.15, -0.1) is 0 Å². The first kappa shape index (κ1) is 33.4. The zero-order chi connectivity index (χ0) is 26.4. The second-order valence-electron chi connectivity index (χ2n) is 9.12. The molecule has 2 aliphatic rings. The third-order valence-electron chi connectivity index (χ3n) is 6.87. The summed E-state index contributed by atoms with van der Waals surface area (Å²) in [6.45, 7) is 22.8. The molecule has 0 bridgehead atoms. The van der Waals surface area contributed by atoms with E-state index in [4.69, 9.17) is 0 Å². The fraction of sp³-hybridized carbons (Fsp3) is 0.500. The Morgan fingerprint density at radius 3 is 1.86 bits per heavy atom. The van der Waals surface area contributed by atoms with Gasteiger partial charge in [0.2, 0.25) is 0 Å². The van der Waals surface area contributed by atoms with E-state index < -0.39 is 0 Å². The molecule has 0 N–H and O–H groups in total. The van der Waals surface area contributed by atoms with Crippen molar-refractivity contribution in [2.45, 2.75) is 100 Å². The van der Waals surface area contributed by atoms with Crippen molar-refractivity contribution in [1.82, 2.24) is 4.90 Å². The number of hydrogen-bond donors (Lipinski definition) is 0. The molecule has 200 valence electrons. The molecule has 0 spiro atoms. The van der Waals surface area contributed by atoms with Gasteiger partial charge in [0.25, 0.3) is 5.91 Å². The van der Waals surface area contributed by atoms with Gasteiger partial charge in [0.15, 0.2) is 0 Å². The van der Waals surface area contributed by atoms with Gasteiger partial charge in [0.05, 0.1) is 0 Å². The maximum absolute atomic E-state index is 12.8. The second kappa shape index (κ2) is 17.8. The van der Waals surface area contributed by atoms with Crippen LogP contribution >= 0.6 is 0 Å². The fourth-order valence-electron chi connectivity index (χ4n) is 5.09. The van der Waals surface area contributed by atoms with E-state index in [0.29, 0.717) is 6.04 Å². The molecule has 1 aliphatic carbocycles. The highest BCUT2D eigenvalue weighted by Gasteiger charge is 2.35. The molecule has 1 saturated heterocycles. The van der Waals surface area contributed by atoms with E-state index in [1.807, 2.05) is 65.0 Å². The summed E-state index contributed by atoms with van der Waals surface area (Å²) >= 11 is 0. The van der Waals surface area contributed by atoms with Gasteiger partial charge < -0.3 is 4.90 Å². The summed E-state index contributed by atoms with van der Waals surface area (Å²) in [6, 6.07) is 14.7. The van der Waals surface area contributed by atoms with Crippen molar-refractivity contribution in [2.75, 3.05) is 6.54 Å². The highest BCUT2D eigenvalue weighted by atomic mass is 16.2. The molecule has 0 radical (unpaired) electrons. The topological polar surface area (TPSA) is 20.3 Å². The van der Waals surface area contributed by atoms with Crippen molar-refractivity contribution in [3.05, 3.63) is 83.4 Å². The number of rotatable bonds is 3. The molecule has 0 aromatic heterocycles. The molecule has 2 aromatic carbocycles. The number of likely N-dealkylation sites (tertiary alicyclic amines) is 1. The number of fused-ring (bicyclic) bond motifs is 1. The summed E-state index contributed by atoms with van der Waals surface area (Å²) < 4.78 is 0. The van der Waals surface area contributed by atoms with Crippen molar-refractivity contribution in [2.24, 2.45) is 5.92 Å². The van der Waals surface area contributed by atoms with E-state index in [9.17, 15) is 4.79 Å². The Labute approximate surface area is 223 Å². The highest BCUT2D eigenvalue weighted by molar-refractivity contribution is 5.94. The third-order valence-corrected chi connectivity index (χ3v) is 6.87. The molecule has 1 saturated carbocycles. The lowest BCUT2D eigenvalue weighted by Crippen LogP contribution is -2.49. The van der Waals surface area contributed by atoms with Crippen molar-refractivity contribution < 1.29 is 4.79 Å². The molecule has 1 amide bonds. The summed E-state index contributed by atoms with van der Waals surface area (Å²) in [7, 11) is 0. The normalized spacial score (nSPS) is 17.7. The summed E-state index contributed by atoms with van der Waals surface area (Å²) in [5, 5.41) is 0. The minimum atomic E-state index is 0. The van der Waals surface area contributed by atoms with Crippen LogP contribution < -0.4 is 0 Å². The first-order valence-corrected chi connectivity index (χ1v) is 13.7. The van der Waals surface area contributed by atoms with Crippen LogP contribution in [0, 0.1) is 19.8 Å². The summed E-state index contributed by atoms with van der Waals surface area (Å²) in [5.41, 5.74) is 6.85. The van der Waals surface area contributed by atoms with Gasteiger partial charge in [0, 0.05) is 18.2 Å². The van der Waals surface area contributed by atoms with Crippen molar-refractivity contribution in [3.63, 3.8) is 0 Å². The average molecular weight is 492 g/mol. The van der Waals surface area contributed by atoms with E-state index in [1.165, 1.54) is 48.8 Å². The summed E-state index contributed by atoms with van der Waals surface area (Å²) in [6.07, 6.45) is 9.50. The van der Waals surface area contributed by atoms with Crippen LogP contribution in [0.3, 0.4) is 0 Å². The number of nitrogens with zero attached hydrogens (tertiary/aromatic N) is 1. The van der Waals surface area contributed by atoms with Gasteiger partial charge in [-0.25, -0.2) is 0 Å². The third kappa shape index (κ3) is 9.12. The molecule has 2 nitrogen and oxygen atoms in total. The van der Waals surface area contributed by atoms with E-state index in [-0.39, 0.29) is 13.3 Å². The predicted octanol–water partition coefficient (Wildman–Crippen LogP) is 10.1. The first-order valence-electron chi connectivity index (χ1n) is 13.7. The fourth-order valence-corrected chi connectivity index (χ4v) is 5.09. The zero-order valence-electron chi connectivity index (χ0n) is 23.5. The first-order chi connectivity index (χ1) is 16.9. The lowest BCUT2D eigenvalue weighted by Gasteiger charge is -2.44. The van der Waals surface area contributed by atoms with Gasteiger partial charge in [-0.1, -0.05) is 103 Å². The number of hydrogen-bond acceptors (Lipinski definition) is 1. The smallest absolute Gasteiger partial charge is 0.254 e. The Hall–Kier alpha value is -2.61. The summed E-state index contributed by atoms with van der Waals surface area (Å²) in [4.78, 5) is 15.0. The molecule has 2 heteroatoms. The largest absolute Gasteiger partial charge is 0.335 e. The Morgan fingerprint density at radius 2 is 1.36 bits per heavy atom. The predicted molar refractivity (Wildman–Crippen MR) is 163 cm³/mol. The van der Waals surface area contributed by atoms with Gasteiger partial charge in [-0.05, 0) is 86.8 Å². The Balaban J connectivity index is 0.000000692. The number of allylic oxidation sites excluding steroid dienone is 1. The van der Waals surface area contributed by atoms with E-state index in [0.717, 1.165) is 35.6 Å². The number of carbonyl (C=O) groups is 1. The van der Waals surface area contributed by atoms with E-state index in [1.54, 1.807) is 0 Å². The monoisotopic (exact) mass is 491 g/mol. The Kier molecular flexibility index (Phi) is 16.5. The SMILES string of the molecule is C.C=C(C)c1ccc(C(=O)N2CCCC3CCCC[C@@H]32)cc1.C=Cc1c(C)cccc1C.CC.CC. The molecular formula is C34H53NO. The standard InChI is InChI=1S/C19H25NO.C10H12.2C2H6.CH4/c1-14(2)15-9-11-17(12-10-15)19(21)20-13-5-7-16-6-3-4-8-18(16)20;1-4-10-8(2)6-5-7-9(10)3;2*1-2;/h9-12,16,18H,1,3-8,13H2,2H3;4-7H,1H2,2-3H3;2*1-2H3;1H4/t16?,18-;;;;/m0..../s1. The number of carbonyl (C=O) groups excluding carboxylic acids is 1. The quantitative estimate of drug-likeness (QED) is 0.418. The van der Waals surface area contributed by atoms with Crippen molar-refractivity contribution >= 4 is 17.6 Å². The lowest BCUT2D eigenvalue weighted by molar-refractivity contribution is 0.0390. The molecule has 2 aromatic rings. The Bertz CT molecular complexity index is 902. The molecule has 36 heavy (non-hydrogen) atoms. The van der Waals surface area contributed by atoms with Crippen molar-refractivity contribution in [1.29, 1.82) is 0 Å². The maximum atomic E-state index is 12.8. The molecular weight excluding hydrogens is 438 g/mol.